The van der Waals surface area contributed by atoms with Gasteiger partial charge in [0, 0.05) is 17.7 Å². The van der Waals surface area contributed by atoms with E-state index < -0.39 is 10.5 Å². The lowest BCUT2D eigenvalue weighted by molar-refractivity contribution is -0.384. The number of aromatic nitrogens is 2. The number of nitrogens with one attached hydrogen (secondary N) is 1. The number of nitrogens with zero attached hydrogens (tertiary/aromatic N) is 3. The number of carbonyl (C=O) groups is 1. The van der Waals surface area contributed by atoms with Crippen LogP contribution in [-0.4, -0.2) is 26.4 Å². The van der Waals surface area contributed by atoms with Crippen molar-refractivity contribution in [2.45, 2.75) is 5.16 Å². The quantitative estimate of drug-likeness (QED) is 0.222. The summed E-state index contributed by atoms with van der Waals surface area (Å²) in [6.07, 6.45) is 0. The van der Waals surface area contributed by atoms with Gasteiger partial charge in [0.05, 0.1) is 15.6 Å². The van der Waals surface area contributed by atoms with Crippen LogP contribution in [0.4, 0.5) is 5.69 Å². The van der Waals surface area contributed by atoms with Gasteiger partial charge in [-0.05, 0) is 11.4 Å². The van der Waals surface area contributed by atoms with Gasteiger partial charge in [0.15, 0.2) is 10.9 Å². The molecule has 0 amide bonds. The smallest absolute Gasteiger partial charge is 0.270 e. The minimum atomic E-state index is -0.582. The number of hydrogen-bond donors (Lipinski definition) is 1. The maximum Gasteiger partial charge on any atom is 0.270 e. The first-order valence-electron chi connectivity index (χ1n) is 7.48. The lowest BCUT2D eigenvalue weighted by Gasteiger charge is -2.05. The van der Waals surface area contributed by atoms with E-state index in [-0.39, 0.29) is 39.2 Å². The Balaban J connectivity index is 1.83. The number of nitro benzene ring substituents is 1. The van der Waals surface area contributed by atoms with Crippen molar-refractivity contribution in [2.75, 3.05) is 5.75 Å². The first-order valence-corrected chi connectivity index (χ1v) is 9.35. The predicted octanol–water partition coefficient (Wildman–Crippen LogP) is 3.25. The molecule has 0 radical (unpaired) electrons. The van der Waals surface area contributed by atoms with Gasteiger partial charge in [-0.1, -0.05) is 30.0 Å². The molecule has 27 heavy (non-hydrogen) atoms. The number of H-pyrrole nitrogens is 1. The fraction of sp³-hybridized carbons (Fsp3) is 0.0588. The molecule has 2 heterocycles. The van der Waals surface area contributed by atoms with Gasteiger partial charge >= 0.3 is 0 Å². The van der Waals surface area contributed by atoms with Gasteiger partial charge in [-0.2, -0.15) is 5.26 Å². The summed E-state index contributed by atoms with van der Waals surface area (Å²) in [6.45, 7) is 0. The molecule has 0 aliphatic heterocycles. The van der Waals surface area contributed by atoms with Crippen molar-refractivity contribution >= 4 is 34.6 Å². The first-order chi connectivity index (χ1) is 13.0. The van der Waals surface area contributed by atoms with E-state index in [2.05, 4.69) is 9.97 Å². The van der Waals surface area contributed by atoms with Crippen LogP contribution in [0, 0.1) is 21.4 Å². The number of nitriles is 1. The second kappa shape index (κ2) is 7.94. The van der Waals surface area contributed by atoms with E-state index in [4.69, 9.17) is 0 Å². The van der Waals surface area contributed by atoms with Crippen molar-refractivity contribution < 1.29 is 9.72 Å². The summed E-state index contributed by atoms with van der Waals surface area (Å²) >= 11 is 2.33. The molecular formula is C17H10N4O4S2. The molecule has 1 aromatic carbocycles. The molecule has 3 rings (SSSR count). The molecule has 0 spiro atoms. The second-order valence-electron chi connectivity index (χ2n) is 5.20. The minimum absolute atomic E-state index is 0.0696. The van der Waals surface area contributed by atoms with Crippen LogP contribution in [0.1, 0.15) is 15.9 Å². The first kappa shape index (κ1) is 18.5. The van der Waals surface area contributed by atoms with Gasteiger partial charge in [0.1, 0.15) is 17.3 Å². The third kappa shape index (κ3) is 4.11. The van der Waals surface area contributed by atoms with Crippen LogP contribution in [0.15, 0.2) is 51.7 Å². The third-order valence-electron chi connectivity index (χ3n) is 3.48. The van der Waals surface area contributed by atoms with Crippen molar-refractivity contribution in [1.82, 2.24) is 9.97 Å². The number of Topliss-reactive ketones (excluding diaryl/α,β-unsaturated/α-hetero) is 1. The predicted molar refractivity (Wildman–Crippen MR) is 101 cm³/mol. The summed E-state index contributed by atoms with van der Waals surface area (Å²) in [5.41, 5.74) is -0.378. The molecule has 0 aliphatic carbocycles. The minimum Gasteiger partial charge on any atom is -0.300 e. The maximum absolute atomic E-state index is 12.3. The van der Waals surface area contributed by atoms with Gasteiger partial charge in [0.2, 0.25) is 0 Å². The third-order valence-corrected chi connectivity index (χ3v) is 5.23. The van der Waals surface area contributed by atoms with Crippen LogP contribution in [0.25, 0.3) is 10.6 Å². The molecule has 0 atom stereocenters. The molecule has 8 nitrogen and oxygen atoms in total. The summed E-state index contributed by atoms with van der Waals surface area (Å²) in [5, 5.41) is 22.0. The molecule has 0 fully saturated rings. The number of thiophene rings is 1. The molecule has 10 heteroatoms. The SMILES string of the molecule is N#Cc1c(-c2cccs2)nc(SCC(=O)c2cccc([N+](=O)[O-])c2)[nH]c1=O. The zero-order valence-corrected chi connectivity index (χ0v) is 15.2. The topological polar surface area (TPSA) is 130 Å². The summed E-state index contributed by atoms with van der Waals surface area (Å²) in [5.74, 6) is -0.409. The van der Waals surface area contributed by atoms with E-state index in [1.54, 1.807) is 17.5 Å². The number of rotatable bonds is 6. The highest BCUT2D eigenvalue weighted by Crippen LogP contribution is 2.26. The average Bonchev–Trinajstić information content (AvgIpc) is 3.20. The largest absolute Gasteiger partial charge is 0.300 e. The van der Waals surface area contributed by atoms with E-state index >= 15 is 0 Å². The van der Waals surface area contributed by atoms with Crippen LogP contribution in [0.3, 0.4) is 0 Å². The van der Waals surface area contributed by atoms with E-state index in [1.807, 2.05) is 6.07 Å². The summed E-state index contributed by atoms with van der Waals surface area (Å²) < 4.78 is 0. The molecule has 0 saturated carbocycles. The molecule has 0 bridgehead atoms. The highest BCUT2D eigenvalue weighted by atomic mass is 32.2. The number of thioether (sulfide) groups is 1. The number of carbonyl (C=O) groups excluding carboxylic acids is 1. The molecule has 0 saturated heterocycles. The highest BCUT2D eigenvalue weighted by Gasteiger charge is 2.16. The van der Waals surface area contributed by atoms with E-state index in [0.717, 1.165) is 11.8 Å². The Kier molecular flexibility index (Phi) is 5.44. The van der Waals surface area contributed by atoms with Crippen LogP contribution in [0.2, 0.25) is 0 Å². The average molecular weight is 398 g/mol. The summed E-state index contributed by atoms with van der Waals surface area (Å²) in [4.78, 5) is 42.1. The fourth-order valence-corrected chi connectivity index (χ4v) is 3.70. The Bertz CT molecular complexity index is 1120. The molecule has 2 aromatic heterocycles. The number of nitro groups is 1. The number of hydrogen-bond acceptors (Lipinski definition) is 8. The molecule has 0 unspecified atom stereocenters. The van der Waals surface area contributed by atoms with E-state index in [1.165, 1.54) is 35.6 Å². The van der Waals surface area contributed by atoms with Gasteiger partial charge in [-0.25, -0.2) is 4.98 Å². The van der Waals surface area contributed by atoms with Crippen molar-refractivity contribution in [1.29, 1.82) is 5.26 Å². The molecule has 0 aliphatic rings. The Labute approximate surface area is 160 Å². The van der Waals surface area contributed by atoms with Crippen LogP contribution in [0.5, 0.6) is 0 Å². The second-order valence-corrected chi connectivity index (χ2v) is 7.11. The van der Waals surface area contributed by atoms with Crippen LogP contribution in [-0.2, 0) is 0 Å². The normalized spacial score (nSPS) is 10.3. The van der Waals surface area contributed by atoms with E-state index in [0.29, 0.717) is 4.88 Å². The number of benzene rings is 1. The zero-order chi connectivity index (χ0) is 19.4. The van der Waals surface area contributed by atoms with Gasteiger partial charge in [-0.3, -0.25) is 19.7 Å². The molecule has 3 aromatic rings. The van der Waals surface area contributed by atoms with Gasteiger partial charge in [0.25, 0.3) is 11.2 Å². The molecule has 134 valence electrons. The molecule has 1 N–H and O–H groups in total. The fourth-order valence-electron chi connectivity index (χ4n) is 2.23. The zero-order valence-electron chi connectivity index (χ0n) is 13.5. The Morgan fingerprint density at radius 3 is 2.85 bits per heavy atom. The van der Waals surface area contributed by atoms with Crippen LogP contribution >= 0.6 is 23.1 Å². The highest BCUT2D eigenvalue weighted by molar-refractivity contribution is 7.99. The van der Waals surface area contributed by atoms with Gasteiger partial charge in [-0.15, -0.1) is 11.3 Å². The summed E-state index contributed by atoms with van der Waals surface area (Å²) in [6, 6.07) is 10.8. The monoisotopic (exact) mass is 398 g/mol. The van der Waals surface area contributed by atoms with Crippen molar-refractivity contribution in [3.05, 3.63) is 73.4 Å². The number of non-ortho nitro benzene ring substituents is 1. The molecular weight excluding hydrogens is 388 g/mol. The lowest BCUT2D eigenvalue weighted by atomic mass is 10.1. The standard InChI is InChI=1S/C17H10N4O4S2/c18-8-12-15(14-5-2-6-26-14)19-17(20-16(12)23)27-9-13(22)10-3-1-4-11(7-10)21(24)25/h1-7H,9H2,(H,19,20,23). The van der Waals surface area contributed by atoms with Crippen molar-refractivity contribution in [3.63, 3.8) is 0 Å². The Morgan fingerprint density at radius 2 is 2.19 bits per heavy atom. The van der Waals surface area contributed by atoms with Crippen molar-refractivity contribution in [2.24, 2.45) is 0 Å². The Hall–Kier alpha value is -3.29. The summed E-state index contributed by atoms with van der Waals surface area (Å²) in [7, 11) is 0. The number of ketones is 1. The van der Waals surface area contributed by atoms with Crippen molar-refractivity contribution in [3.8, 4) is 16.6 Å². The van der Waals surface area contributed by atoms with Gasteiger partial charge < -0.3 is 4.98 Å². The lowest BCUT2D eigenvalue weighted by Crippen LogP contribution is -2.15. The van der Waals surface area contributed by atoms with Crippen LogP contribution < -0.4 is 5.56 Å². The van der Waals surface area contributed by atoms with E-state index in [9.17, 15) is 25.0 Å². The Morgan fingerprint density at radius 1 is 1.37 bits per heavy atom. The number of aromatic amines is 1. The maximum atomic E-state index is 12.3.